The first-order chi connectivity index (χ1) is 9.63. The highest BCUT2D eigenvalue weighted by Crippen LogP contribution is 2.26. The van der Waals surface area contributed by atoms with E-state index in [1.165, 1.54) is 0 Å². The van der Waals surface area contributed by atoms with Crippen LogP contribution in [0.5, 0.6) is 0 Å². The van der Waals surface area contributed by atoms with Crippen LogP contribution in [-0.2, 0) is 13.3 Å². The molecule has 2 bridgehead atoms. The molecule has 0 saturated carbocycles. The van der Waals surface area contributed by atoms with Gasteiger partial charge in [-0.05, 0) is 26.8 Å². The highest BCUT2D eigenvalue weighted by molar-refractivity contribution is 6.60. The quantitative estimate of drug-likeness (QED) is 0.533. The van der Waals surface area contributed by atoms with Gasteiger partial charge in [-0.2, -0.15) is 0 Å². The van der Waals surface area contributed by atoms with Crippen molar-refractivity contribution < 1.29 is 13.3 Å². The molecule has 0 amide bonds. The van der Waals surface area contributed by atoms with Crippen molar-refractivity contribution in [1.82, 2.24) is 10.2 Å². The van der Waals surface area contributed by atoms with E-state index in [0.717, 1.165) is 51.8 Å². The Hall–Kier alpha value is -0.0231. The second-order valence-electron chi connectivity index (χ2n) is 5.79. The predicted octanol–water partition coefficient (Wildman–Crippen LogP) is 0.0197. The van der Waals surface area contributed by atoms with Crippen molar-refractivity contribution in [2.45, 2.75) is 38.5 Å². The summed E-state index contributed by atoms with van der Waals surface area (Å²) >= 11 is 0. The van der Waals surface area contributed by atoms with Crippen LogP contribution in [0.25, 0.3) is 0 Å². The summed E-state index contributed by atoms with van der Waals surface area (Å²) in [6.45, 7) is 10.4. The van der Waals surface area contributed by atoms with E-state index < -0.39 is 8.80 Å². The molecule has 3 fully saturated rings. The Morgan fingerprint density at radius 1 is 1.20 bits per heavy atom. The van der Waals surface area contributed by atoms with E-state index in [0.29, 0.717) is 6.54 Å². The van der Waals surface area contributed by atoms with Crippen LogP contribution in [0.4, 0.5) is 0 Å². The normalized spacial score (nSPS) is 38.2. The number of nitrogens with zero attached hydrogens (tertiary/aromatic N) is 1. The van der Waals surface area contributed by atoms with Gasteiger partial charge in [0.05, 0.1) is 18.8 Å². The average molecular weight is 303 g/mol. The molecule has 3 saturated heterocycles. The minimum absolute atomic E-state index is 0.187. The van der Waals surface area contributed by atoms with Crippen LogP contribution in [0.1, 0.15) is 20.3 Å². The molecule has 20 heavy (non-hydrogen) atoms. The van der Waals surface area contributed by atoms with Gasteiger partial charge < -0.3 is 24.3 Å². The van der Waals surface area contributed by atoms with Crippen molar-refractivity contribution in [1.29, 1.82) is 0 Å². The summed E-state index contributed by atoms with van der Waals surface area (Å²) < 4.78 is 18.5. The third kappa shape index (κ3) is 4.76. The lowest BCUT2D eigenvalue weighted by atomic mass is 10.3. The lowest BCUT2D eigenvalue weighted by molar-refractivity contribution is -0.0587. The number of fused-ring (bicyclic) bond motifs is 6. The maximum Gasteiger partial charge on any atom is 0.501 e. The molecule has 0 aliphatic carbocycles. The van der Waals surface area contributed by atoms with Gasteiger partial charge in [-0.25, -0.2) is 0 Å². The largest absolute Gasteiger partial charge is 0.501 e. The monoisotopic (exact) mass is 303 g/mol. The molecule has 3 heterocycles. The summed E-state index contributed by atoms with van der Waals surface area (Å²) in [5.41, 5.74) is 5.47. The highest BCUT2D eigenvalue weighted by Gasteiger charge is 2.46. The second kappa shape index (κ2) is 7.84. The summed E-state index contributed by atoms with van der Waals surface area (Å²) in [5.74, 6) is 0. The molecule has 7 heteroatoms. The molecular formula is C13H29N3O3Si. The summed E-state index contributed by atoms with van der Waals surface area (Å²) in [6, 6.07) is 0.888. The SMILES string of the molecule is CC1CN2CCO[Si](CCCNCCN)(O1)OC(C)C2. The first-order valence-corrected chi connectivity index (χ1v) is 9.69. The molecule has 0 spiro atoms. The minimum atomic E-state index is -2.51. The van der Waals surface area contributed by atoms with E-state index in [-0.39, 0.29) is 12.2 Å². The van der Waals surface area contributed by atoms with Gasteiger partial charge in [-0.1, -0.05) is 0 Å². The van der Waals surface area contributed by atoms with Gasteiger partial charge in [-0.15, -0.1) is 0 Å². The zero-order valence-electron chi connectivity index (χ0n) is 12.8. The third-order valence-corrected chi connectivity index (χ3v) is 6.81. The molecule has 0 radical (unpaired) electrons. The molecule has 3 aliphatic heterocycles. The molecule has 0 aromatic rings. The molecule has 118 valence electrons. The van der Waals surface area contributed by atoms with Gasteiger partial charge in [0.2, 0.25) is 0 Å². The molecule has 6 nitrogen and oxygen atoms in total. The van der Waals surface area contributed by atoms with Crippen LogP contribution in [-0.4, -0.2) is 71.8 Å². The predicted molar refractivity (Wildman–Crippen MR) is 80.6 cm³/mol. The summed E-state index contributed by atoms with van der Waals surface area (Å²) in [6.07, 6.45) is 1.38. The highest BCUT2D eigenvalue weighted by atomic mass is 28.4. The van der Waals surface area contributed by atoms with Crippen molar-refractivity contribution >= 4 is 8.80 Å². The van der Waals surface area contributed by atoms with Gasteiger partial charge in [0, 0.05) is 38.8 Å². The fourth-order valence-corrected chi connectivity index (χ4v) is 5.90. The molecular weight excluding hydrogens is 274 g/mol. The number of nitrogens with one attached hydrogen (secondary N) is 1. The lowest BCUT2D eigenvalue weighted by Gasteiger charge is -2.43. The lowest BCUT2D eigenvalue weighted by Crippen LogP contribution is -2.59. The van der Waals surface area contributed by atoms with E-state index in [1.807, 2.05) is 0 Å². The Morgan fingerprint density at radius 3 is 2.55 bits per heavy atom. The number of hydrogen-bond donors (Lipinski definition) is 2. The molecule has 3 rings (SSSR count). The van der Waals surface area contributed by atoms with E-state index in [4.69, 9.17) is 19.0 Å². The Bertz CT molecular complexity index is 282. The standard InChI is InChI=1S/C13H29N3O3Si/c1-12-10-16-7-8-17-20(18-12,19-13(2)11-16)9-3-5-15-6-4-14/h12-13,15H,3-11,14H2,1-2H3. The third-order valence-electron chi connectivity index (χ3n) is 3.68. The van der Waals surface area contributed by atoms with Crippen LogP contribution in [0, 0.1) is 0 Å². The van der Waals surface area contributed by atoms with Gasteiger partial charge in [-0.3, -0.25) is 4.90 Å². The molecule has 3 aliphatic rings. The summed E-state index contributed by atoms with van der Waals surface area (Å²) in [4.78, 5) is 2.37. The average Bonchev–Trinajstić information content (AvgIpc) is 2.33. The Morgan fingerprint density at radius 2 is 1.90 bits per heavy atom. The molecule has 2 atom stereocenters. The topological polar surface area (TPSA) is 69.0 Å². The Kier molecular flexibility index (Phi) is 6.41. The van der Waals surface area contributed by atoms with Gasteiger partial charge >= 0.3 is 8.80 Å². The smallest absolute Gasteiger partial charge is 0.372 e. The first kappa shape index (κ1) is 16.3. The van der Waals surface area contributed by atoms with Crippen LogP contribution in [0.3, 0.4) is 0 Å². The van der Waals surface area contributed by atoms with Crippen molar-refractivity contribution in [2.24, 2.45) is 5.73 Å². The Balaban J connectivity index is 1.92. The minimum Gasteiger partial charge on any atom is -0.372 e. The van der Waals surface area contributed by atoms with Crippen LogP contribution in [0.15, 0.2) is 0 Å². The molecule has 3 N–H and O–H groups in total. The van der Waals surface area contributed by atoms with Gasteiger partial charge in [0.1, 0.15) is 0 Å². The van der Waals surface area contributed by atoms with Crippen LogP contribution < -0.4 is 11.1 Å². The zero-order valence-corrected chi connectivity index (χ0v) is 13.8. The number of rotatable bonds is 6. The van der Waals surface area contributed by atoms with E-state index in [2.05, 4.69) is 24.1 Å². The Labute approximate surface area is 123 Å². The molecule has 0 aromatic heterocycles. The van der Waals surface area contributed by atoms with Gasteiger partial charge in [0.15, 0.2) is 0 Å². The van der Waals surface area contributed by atoms with Crippen molar-refractivity contribution in [2.75, 3.05) is 45.9 Å². The van der Waals surface area contributed by atoms with E-state index in [9.17, 15) is 0 Å². The molecule has 0 aromatic carbocycles. The van der Waals surface area contributed by atoms with Crippen molar-refractivity contribution in [3.8, 4) is 0 Å². The second-order valence-corrected chi connectivity index (χ2v) is 8.42. The van der Waals surface area contributed by atoms with Crippen molar-refractivity contribution in [3.05, 3.63) is 0 Å². The van der Waals surface area contributed by atoms with E-state index >= 15 is 0 Å². The maximum atomic E-state index is 6.23. The maximum absolute atomic E-state index is 6.23. The van der Waals surface area contributed by atoms with Crippen LogP contribution >= 0.6 is 0 Å². The number of hydrogen-bond acceptors (Lipinski definition) is 6. The summed E-state index contributed by atoms with van der Waals surface area (Å²) in [7, 11) is -2.51. The van der Waals surface area contributed by atoms with Gasteiger partial charge in [0.25, 0.3) is 0 Å². The first-order valence-electron chi connectivity index (χ1n) is 7.76. The fraction of sp³-hybridized carbons (Fsp3) is 1.00. The molecule has 2 unspecified atom stereocenters. The number of nitrogens with two attached hydrogens (primary N) is 1. The fourth-order valence-electron chi connectivity index (χ4n) is 2.94. The van der Waals surface area contributed by atoms with E-state index in [1.54, 1.807) is 0 Å². The zero-order chi connectivity index (χ0) is 14.4. The van der Waals surface area contributed by atoms with Crippen LogP contribution in [0.2, 0.25) is 6.04 Å². The summed E-state index contributed by atoms with van der Waals surface area (Å²) in [5, 5.41) is 3.32. The van der Waals surface area contributed by atoms with Crippen molar-refractivity contribution in [3.63, 3.8) is 0 Å².